The normalized spacial score (nSPS) is 37.0. The van der Waals surface area contributed by atoms with Crippen molar-refractivity contribution in [3.05, 3.63) is 58.7 Å². The average molecular weight is 951 g/mol. The molecule has 4 aliphatic heterocycles. The SMILES string of the molecule is CC(=O)O[C@@H]1CCc2cc(c(O)c3c2CC[C@H]2CCC[C@H]2O3)CN2C[C@]3(CC2=O)[C@@H](c2ccccc2)CC[C@]32C#CC[C@H]3CC[C@@]4(CCC[C@]4(NC(N)=NC2)SSCCCCCC[C@H](O)C1)C3. The molecule has 1 amide bonds. The molecule has 10 rings (SSSR count). The molecular weight excluding hydrogens is 877 g/mol. The van der Waals surface area contributed by atoms with Crippen LogP contribution >= 0.6 is 21.6 Å². The fourth-order valence-corrected chi connectivity index (χ4v) is 18.3. The van der Waals surface area contributed by atoms with Gasteiger partial charge in [0.2, 0.25) is 5.91 Å². The number of hydrogen-bond donors (Lipinski definition) is 4. The van der Waals surface area contributed by atoms with Gasteiger partial charge in [-0.3, -0.25) is 14.6 Å². The first-order chi connectivity index (χ1) is 32.5. The van der Waals surface area contributed by atoms with Crippen LogP contribution < -0.4 is 15.8 Å². The second-order valence-corrected chi connectivity index (χ2v) is 24.8. The zero-order chi connectivity index (χ0) is 46.2. The molecule has 2 aromatic carbocycles. The number of fused-ring (bicyclic) bond motifs is 9. The van der Waals surface area contributed by atoms with Crippen molar-refractivity contribution >= 4 is 39.4 Å². The first-order valence-electron chi connectivity index (χ1n) is 26.1. The minimum atomic E-state index is -0.591. The smallest absolute Gasteiger partial charge is 0.302 e. The van der Waals surface area contributed by atoms with E-state index in [-0.39, 0.29) is 46.5 Å². The zero-order valence-electron chi connectivity index (χ0n) is 39.8. The molecule has 2 aromatic rings. The maximum Gasteiger partial charge on any atom is 0.302 e. The minimum Gasteiger partial charge on any atom is -0.504 e. The number of rotatable bonds is 2. The summed E-state index contributed by atoms with van der Waals surface area (Å²) in [5.41, 5.74) is 10.2. The molecule has 8 aliphatic rings. The number of aryl methyl sites for hydroxylation is 1. The highest BCUT2D eigenvalue weighted by Crippen LogP contribution is 2.67. The van der Waals surface area contributed by atoms with Gasteiger partial charge in [-0.05, 0) is 144 Å². The quantitative estimate of drug-likeness (QED) is 0.130. The first-order valence-corrected chi connectivity index (χ1v) is 28.4. The lowest BCUT2D eigenvalue weighted by molar-refractivity contribution is -0.148. The highest BCUT2D eigenvalue weighted by atomic mass is 33.1. The molecular formula is C55H74N4O6S2. The fourth-order valence-electron chi connectivity index (χ4n) is 14.7. The van der Waals surface area contributed by atoms with Gasteiger partial charge in [0, 0.05) is 67.0 Å². The molecule has 4 saturated carbocycles. The second-order valence-electron chi connectivity index (χ2n) is 22.1. The molecule has 4 spiro atoms. The number of carbonyl (C=O) groups excluding carboxylic acids is 2. The van der Waals surface area contributed by atoms with Gasteiger partial charge in [-0.1, -0.05) is 77.1 Å². The second kappa shape index (κ2) is 19.7. The van der Waals surface area contributed by atoms with Gasteiger partial charge in [0.05, 0.1) is 18.1 Å². The number of aromatic hydroxyl groups is 1. The van der Waals surface area contributed by atoms with Crippen LogP contribution in [0.3, 0.4) is 0 Å². The summed E-state index contributed by atoms with van der Waals surface area (Å²) in [5, 5.41) is 27.6. The summed E-state index contributed by atoms with van der Waals surface area (Å²) in [6, 6.07) is 12.8. The molecule has 5 fully saturated rings. The van der Waals surface area contributed by atoms with Crippen molar-refractivity contribution in [3.63, 3.8) is 0 Å². The van der Waals surface area contributed by atoms with E-state index < -0.39 is 23.0 Å². The van der Waals surface area contributed by atoms with Gasteiger partial charge < -0.3 is 35.6 Å². The third-order valence-corrected chi connectivity index (χ3v) is 21.4. The average Bonchev–Trinajstić information content (AvgIpc) is 4.12. The molecule has 4 aliphatic carbocycles. The van der Waals surface area contributed by atoms with E-state index in [0.29, 0.717) is 74.3 Å². The molecule has 10 atom stereocenters. The number of hydrogen-bond acceptors (Lipinski definition) is 11. The molecule has 1 saturated heterocycles. The number of esters is 1. The number of aliphatic hydroxyl groups excluding tert-OH is 1. The molecule has 0 aromatic heterocycles. The Morgan fingerprint density at radius 1 is 0.970 bits per heavy atom. The van der Waals surface area contributed by atoms with E-state index in [1.807, 2.05) is 26.5 Å². The number of amides is 1. The van der Waals surface area contributed by atoms with Gasteiger partial charge in [0.1, 0.15) is 17.1 Å². The van der Waals surface area contributed by atoms with Crippen LogP contribution in [0.2, 0.25) is 0 Å². The number of aliphatic hydroxyl groups is 1. The standard InChI is InChI=1S/C55H74N4O6S2/c1-37(60)64-44-20-18-41-30-42(49(63)50-45(41)21-19-40-15-9-17-47(40)65-50)34-59-36-54(33-48(59)62)46(39-13-5-4-6-14-39)23-28-53(54)24-10-12-38-22-27-52(32-38)25-11-26-55(52,58-51(56)57-35-53)67-66-29-8-3-2-7-16-43(61)31-44/h4-6,13-14,30,38,40,43-44,46-47,61,63H,2-3,7-9,11-12,15-23,25-29,31-36H2,1H3,(H3,56,57,58)/t38-,40+,43-,44+,46+,47+,52-,53-,54+,55-/m0/s1. The summed E-state index contributed by atoms with van der Waals surface area (Å²) in [6.07, 6.45) is 20.3. The predicted octanol–water partition coefficient (Wildman–Crippen LogP) is 10.1. The van der Waals surface area contributed by atoms with Crippen LogP contribution in [0.1, 0.15) is 170 Å². The maximum atomic E-state index is 15.0. The number of aliphatic imine (C=N–C) groups is 1. The molecule has 10 nitrogen and oxygen atoms in total. The summed E-state index contributed by atoms with van der Waals surface area (Å²) < 4.78 is 12.8. The zero-order valence-corrected chi connectivity index (χ0v) is 41.5. The summed E-state index contributed by atoms with van der Waals surface area (Å²) >= 11 is 0. The number of nitrogens with zero attached hydrogens (tertiary/aromatic N) is 2. The number of ether oxygens (including phenoxy) is 2. The van der Waals surface area contributed by atoms with Gasteiger partial charge in [0.25, 0.3) is 0 Å². The molecule has 362 valence electrons. The highest BCUT2D eigenvalue weighted by molar-refractivity contribution is 8.77. The molecule has 12 heteroatoms. The maximum absolute atomic E-state index is 15.0. The lowest BCUT2D eigenvalue weighted by Gasteiger charge is -2.45. The number of nitrogens with two attached hydrogens (primary N) is 1. The first kappa shape index (κ1) is 47.2. The van der Waals surface area contributed by atoms with Gasteiger partial charge in [-0.25, -0.2) is 0 Å². The van der Waals surface area contributed by atoms with Gasteiger partial charge in [-0.15, -0.1) is 5.92 Å². The van der Waals surface area contributed by atoms with Crippen LogP contribution in [-0.4, -0.2) is 75.0 Å². The van der Waals surface area contributed by atoms with Crippen molar-refractivity contribution in [2.75, 3.05) is 18.8 Å². The number of benzene rings is 2. The van der Waals surface area contributed by atoms with Crippen LogP contribution in [0.4, 0.5) is 0 Å². The summed E-state index contributed by atoms with van der Waals surface area (Å²) in [6.45, 7) is 2.62. The number of phenolic OH excluding ortho intramolecular Hbond substituents is 1. The van der Waals surface area contributed by atoms with Crippen molar-refractivity contribution in [2.45, 2.75) is 190 Å². The molecule has 4 heterocycles. The molecule has 8 bridgehead atoms. The third-order valence-electron chi connectivity index (χ3n) is 18.1. The Balaban J connectivity index is 1.05. The molecule has 0 unspecified atom stereocenters. The Bertz CT molecular complexity index is 2250. The van der Waals surface area contributed by atoms with Gasteiger partial charge in [-0.2, -0.15) is 0 Å². The lowest BCUT2D eigenvalue weighted by atomic mass is 9.60. The molecule has 0 radical (unpaired) electrons. The van der Waals surface area contributed by atoms with Crippen molar-refractivity contribution in [1.82, 2.24) is 10.2 Å². The van der Waals surface area contributed by atoms with E-state index in [0.717, 1.165) is 107 Å². The number of nitrogens with one attached hydrogen (secondary N) is 1. The topological polar surface area (TPSA) is 147 Å². The largest absolute Gasteiger partial charge is 0.504 e. The predicted molar refractivity (Wildman–Crippen MR) is 268 cm³/mol. The monoisotopic (exact) mass is 951 g/mol. The Hall–Kier alpha value is -3.53. The summed E-state index contributed by atoms with van der Waals surface area (Å²) in [4.78, 5) is 34.5. The van der Waals surface area contributed by atoms with Crippen molar-refractivity contribution < 1.29 is 29.3 Å². The van der Waals surface area contributed by atoms with Crippen molar-refractivity contribution in [1.29, 1.82) is 0 Å². The Labute approximate surface area is 406 Å². The number of guanidine groups is 1. The Morgan fingerprint density at radius 3 is 2.70 bits per heavy atom. The molecule has 67 heavy (non-hydrogen) atoms. The van der Waals surface area contributed by atoms with Gasteiger partial charge in [0.15, 0.2) is 17.5 Å². The van der Waals surface area contributed by atoms with E-state index in [2.05, 4.69) is 53.6 Å². The highest BCUT2D eigenvalue weighted by Gasteiger charge is 2.65. The lowest BCUT2D eigenvalue weighted by Crippen LogP contribution is -2.56. The summed E-state index contributed by atoms with van der Waals surface area (Å²) in [7, 11) is 3.99. The van der Waals surface area contributed by atoms with Crippen molar-refractivity contribution in [2.24, 2.45) is 38.8 Å². The fraction of sp³-hybridized carbons (Fsp3) is 0.691. The Morgan fingerprint density at radius 2 is 1.84 bits per heavy atom. The van der Waals surface area contributed by atoms with E-state index in [4.69, 9.17) is 20.2 Å². The van der Waals surface area contributed by atoms with Crippen molar-refractivity contribution in [3.8, 4) is 23.3 Å². The van der Waals surface area contributed by atoms with E-state index in [9.17, 15) is 19.8 Å². The molecule has 5 N–H and O–H groups in total. The summed E-state index contributed by atoms with van der Waals surface area (Å²) in [5.74, 6) is 10.8. The van der Waals surface area contributed by atoms with Gasteiger partial charge >= 0.3 is 5.97 Å². The number of carbonyl (C=O) groups is 2. The third kappa shape index (κ3) is 9.21. The van der Waals surface area contributed by atoms with E-state index in [1.165, 1.54) is 38.2 Å². The van der Waals surface area contributed by atoms with E-state index >= 15 is 0 Å². The Kier molecular flexibility index (Phi) is 13.9. The van der Waals surface area contributed by atoms with E-state index in [1.54, 1.807) is 0 Å². The number of phenols is 1. The minimum absolute atomic E-state index is 0.0542. The van der Waals surface area contributed by atoms with Crippen LogP contribution in [0.5, 0.6) is 11.5 Å². The van der Waals surface area contributed by atoms with Crippen LogP contribution in [-0.2, 0) is 33.7 Å². The van der Waals surface area contributed by atoms with Crippen LogP contribution in [0, 0.1) is 39.9 Å². The van der Waals surface area contributed by atoms with Crippen LogP contribution in [0.15, 0.2) is 41.4 Å². The van der Waals surface area contributed by atoms with Crippen LogP contribution in [0.25, 0.3) is 0 Å².